The Bertz CT molecular complexity index is 492. The SMILES string of the molecule is CCOCCCNC(=NC)NCc1ccc(C)cc1OCCOC. The highest BCUT2D eigenvalue weighted by atomic mass is 16.5. The van der Waals surface area contributed by atoms with Crippen molar-refractivity contribution in [2.75, 3.05) is 47.1 Å². The van der Waals surface area contributed by atoms with E-state index in [1.807, 2.05) is 13.0 Å². The van der Waals surface area contributed by atoms with Crippen LogP contribution in [0.4, 0.5) is 0 Å². The van der Waals surface area contributed by atoms with Crippen molar-refractivity contribution in [1.82, 2.24) is 10.6 Å². The first-order valence-electron chi connectivity index (χ1n) is 8.44. The van der Waals surface area contributed by atoms with E-state index in [2.05, 4.69) is 34.7 Å². The molecule has 0 bridgehead atoms. The number of hydrogen-bond acceptors (Lipinski definition) is 4. The minimum Gasteiger partial charge on any atom is -0.491 e. The average molecular weight is 337 g/mol. The second kappa shape index (κ2) is 12.6. The number of hydrogen-bond donors (Lipinski definition) is 2. The Balaban J connectivity index is 2.48. The van der Waals surface area contributed by atoms with Crippen molar-refractivity contribution in [2.24, 2.45) is 4.99 Å². The van der Waals surface area contributed by atoms with Crippen molar-refractivity contribution >= 4 is 5.96 Å². The molecule has 1 rings (SSSR count). The van der Waals surface area contributed by atoms with Crippen LogP contribution in [0.25, 0.3) is 0 Å². The van der Waals surface area contributed by atoms with Gasteiger partial charge < -0.3 is 24.8 Å². The maximum atomic E-state index is 5.81. The van der Waals surface area contributed by atoms with E-state index >= 15 is 0 Å². The van der Waals surface area contributed by atoms with Crippen molar-refractivity contribution in [3.63, 3.8) is 0 Å². The summed E-state index contributed by atoms with van der Waals surface area (Å²) in [6.45, 7) is 8.16. The summed E-state index contributed by atoms with van der Waals surface area (Å²) in [5.74, 6) is 1.65. The number of aryl methyl sites for hydroxylation is 1. The van der Waals surface area contributed by atoms with E-state index in [4.69, 9.17) is 14.2 Å². The van der Waals surface area contributed by atoms with Crippen LogP contribution in [0.15, 0.2) is 23.2 Å². The predicted molar refractivity (Wildman–Crippen MR) is 97.9 cm³/mol. The van der Waals surface area contributed by atoms with Crippen LogP contribution in [0.2, 0.25) is 0 Å². The highest BCUT2D eigenvalue weighted by molar-refractivity contribution is 5.79. The minimum absolute atomic E-state index is 0.539. The van der Waals surface area contributed by atoms with Gasteiger partial charge in [0.2, 0.25) is 0 Å². The van der Waals surface area contributed by atoms with Gasteiger partial charge in [0.05, 0.1) is 6.61 Å². The Hall–Kier alpha value is -1.79. The van der Waals surface area contributed by atoms with Gasteiger partial charge in [0, 0.05) is 46.0 Å². The quantitative estimate of drug-likeness (QED) is 0.368. The normalized spacial score (nSPS) is 11.4. The zero-order valence-electron chi connectivity index (χ0n) is 15.4. The fraction of sp³-hybridized carbons (Fsp3) is 0.611. The molecule has 0 aliphatic heterocycles. The van der Waals surface area contributed by atoms with Gasteiger partial charge >= 0.3 is 0 Å². The molecular formula is C18H31N3O3. The Morgan fingerprint density at radius 2 is 2.00 bits per heavy atom. The van der Waals surface area contributed by atoms with Gasteiger partial charge in [-0.25, -0.2) is 0 Å². The zero-order valence-corrected chi connectivity index (χ0v) is 15.4. The summed E-state index contributed by atoms with van der Waals surface area (Å²) in [6, 6.07) is 6.20. The number of guanidine groups is 1. The van der Waals surface area contributed by atoms with Crippen LogP contribution in [0.3, 0.4) is 0 Å². The highest BCUT2D eigenvalue weighted by Crippen LogP contribution is 2.20. The number of ether oxygens (including phenoxy) is 3. The number of nitrogens with zero attached hydrogens (tertiary/aromatic N) is 1. The standard InChI is InChI=1S/C18H31N3O3/c1-5-23-10-6-9-20-18(19-3)21-14-16-8-7-15(2)13-17(16)24-12-11-22-4/h7-8,13H,5-6,9-12,14H2,1-4H3,(H2,19,20,21). The zero-order chi connectivity index (χ0) is 17.6. The predicted octanol–water partition coefficient (Wildman–Crippen LogP) is 2.11. The van der Waals surface area contributed by atoms with E-state index < -0.39 is 0 Å². The molecule has 24 heavy (non-hydrogen) atoms. The molecule has 0 saturated heterocycles. The number of methoxy groups -OCH3 is 1. The van der Waals surface area contributed by atoms with Gasteiger partial charge in [-0.05, 0) is 31.9 Å². The Morgan fingerprint density at radius 3 is 2.71 bits per heavy atom. The van der Waals surface area contributed by atoms with E-state index in [9.17, 15) is 0 Å². The second-order valence-electron chi connectivity index (χ2n) is 5.36. The molecule has 136 valence electrons. The van der Waals surface area contributed by atoms with E-state index in [-0.39, 0.29) is 0 Å². The molecular weight excluding hydrogens is 306 g/mol. The third kappa shape index (κ3) is 8.17. The molecule has 6 heteroatoms. The van der Waals surface area contributed by atoms with Crippen LogP contribution in [-0.2, 0) is 16.0 Å². The molecule has 0 aliphatic rings. The first kappa shape index (κ1) is 20.3. The fourth-order valence-corrected chi connectivity index (χ4v) is 2.10. The molecule has 0 heterocycles. The van der Waals surface area contributed by atoms with E-state index in [1.54, 1.807) is 14.2 Å². The molecule has 0 aromatic heterocycles. The van der Waals surface area contributed by atoms with Gasteiger partial charge in [-0.1, -0.05) is 12.1 Å². The summed E-state index contributed by atoms with van der Waals surface area (Å²) in [7, 11) is 3.44. The van der Waals surface area contributed by atoms with Crippen LogP contribution in [-0.4, -0.2) is 53.1 Å². The first-order chi connectivity index (χ1) is 11.7. The van der Waals surface area contributed by atoms with Gasteiger partial charge in [0.25, 0.3) is 0 Å². The number of rotatable bonds is 11. The highest BCUT2D eigenvalue weighted by Gasteiger charge is 2.06. The second-order valence-corrected chi connectivity index (χ2v) is 5.36. The Labute approximate surface area is 145 Å². The Kier molecular flexibility index (Phi) is 10.6. The molecule has 0 aliphatic carbocycles. The smallest absolute Gasteiger partial charge is 0.191 e. The molecule has 0 amide bonds. The van der Waals surface area contributed by atoms with Crippen LogP contribution in [0.5, 0.6) is 5.75 Å². The van der Waals surface area contributed by atoms with Crippen molar-refractivity contribution in [2.45, 2.75) is 26.8 Å². The van der Waals surface area contributed by atoms with Gasteiger partial charge in [0.1, 0.15) is 12.4 Å². The third-order valence-electron chi connectivity index (χ3n) is 3.40. The molecule has 0 atom stereocenters. The van der Waals surface area contributed by atoms with Gasteiger partial charge in [-0.2, -0.15) is 0 Å². The van der Waals surface area contributed by atoms with Gasteiger partial charge in [-0.15, -0.1) is 0 Å². The monoisotopic (exact) mass is 337 g/mol. The van der Waals surface area contributed by atoms with Crippen molar-refractivity contribution < 1.29 is 14.2 Å². The Morgan fingerprint density at radius 1 is 1.17 bits per heavy atom. The molecule has 2 N–H and O–H groups in total. The maximum absolute atomic E-state index is 5.81. The summed E-state index contributed by atoms with van der Waals surface area (Å²) in [4.78, 5) is 4.24. The summed E-state index contributed by atoms with van der Waals surface area (Å²) >= 11 is 0. The lowest BCUT2D eigenvalue weighted by Gasteiger charge is -2.15. The summed E-state index contributed by atoms with van der Waals surface area (Å²) in [6.07, 6.45) is 0.949. The molecule has 0 radical (unpaired) electrons. The minimum atomic E-state index is 0.539. The van der Waals surface area contributed by atoms with Crippen LogP contribution in [0.1, 0.15) is 24.5 Å². The lowest BCUT2D eigenvalue weighted by Crippen LogP contribution is -2.37. The van der Waals surface area contributed by atoms with E-state index in [0.717, 1.165) is 43.5 Å². The molecule has 6 nitrogen and oxygen atoms in total. The van der Waals surface area contributed by atoms with Crippen molar-refractivity contribution in [1.29, 1.82) is 0 Å². The summed E-state index contributed by atoms with van der Waals surface area (Å²) in [5, 5.41) is 6.59. The average Bonchev–Trinajstić information content (AvgIpc) is 2.59. The van der Waals surface area contributed by atoms with E-state index in [1.165, 1.54) is 5.56 Å². The molecule has 0 unspecified atom stereocenters. The molecule has 0 saturated carbocycles. The third-order valence-corrected chi connectivity index (χ3v) is 3.40. The van der Waals surface area contributed by atoms with Gasteiger partial charge in [0.15, 0.2) is 5.96 Å². The topological polar surface area (TPSA) is 64.1 Å². The van der Waals surface area contributed by atoms with Crippen molar-refractivity contribution in [3.05, 3.63) is 29.3 Å². The first-order valence-corrected chi connectivity index (χ1v) is 8.44. The fourth-order valence-electron chi connectivity index (χ4n) is 2.10. The van der Waals surface area contributed by atoms with E-state index in [0.29, 0.717) is 19.8 Å². The molecule has 0 spiro atoms. The lowest BCUT2D eigenvalue weighted by molar-refractivity contribution is 0.145. The van der Waals surface area contributed by atoms with Gasteiger partial charge in [-0.3, -0.25) is 4.99 Å². The van der Waals surface area contributed by atoms with Crippen molar-refractivity contribution in [3.8, 4) is 5.75 Å². The largest absolute Gasteiger partial charge is 0.491 e. The summed E-state index contributed by atoms with van der Waals surface area (Å²) < 4.78 is 16.2. The van der Waals surface area contributed by atoms with Crippen LogP contribution in [0, 0.1) is 6.92 Å². The molecule has 1 aromatic rings. The number of aliphatic imine (C=N–C) groups is 1. The maximum Gasteiger partial charge on any atom is 0.191 e. The molecule has 1 aromatic carbocycles. The number of nitrogens with one attached hydrogen (secondary N) is 2. The van der Waals surface area contributed by atoms with Crippen LogP contribution < -0.4 is 15.4 Å². The number of benzene rings is 1. The molecule has 0 fully saturated rings. The lowest BCUT2D eigenvalue weighted by atomic mass is 10.1. The van der Waals surface area contributed by atoms with Crippen LogP contribution >= 0.6 is 0 Å². The summed E-state index contributed by atoms with van der Waals surface area (Å²) in [5.41, 5.74) is 2.26.